The van der Waals surface area contributed by atoms with E-state index >= 15 is 0 Å². The lowest BCUT2D eigenvalue weighted by Gasteiger charge is -2.32. The molecule has 0 saturated carbocycles. The molecular formula is C28H25N2+. The lowest BCUT2D eigenvalue weighted by atomic mass is 9.98. The maximum Gasteiger partial charge on any atom is 0.146 e. The average Bonchev–Trinajstić information content (AvgIpc) is 3.32. The van der Waals surface area contributed by atoms with Crippen molar-refractivity contribution in [1.29, 1.82) is 0 Å². The van der Waals surface area contributed by atoms with Crippen molar-refractivity contribution < 1.29 is 0 Å². The Morgan fingerprint density at radius 2 is 1.27 bits per heavy atom. The van der Waals surface area contributed by atoms with Crippen LogP contribution in [-0.4, -0.2) is 18.1 Å². The first-order chi connectivity index (χ1) is 14.7. The van der Waals surface area contributed by atoms with Crippen molar-refractivity contribution in [2.45, 2.75) is 13.8 Å². The molecule has 0 spiro atoms. The fourth-order valence-corrected chi connectivity index (χ4v) is 5.44. The Labute approximate surface area is 177 Å². The number of hydrogen-bond donors (Lipinski definition) is 1. The molecule has 0 saturated heterocycles. The van der Waals surface area contributed by atoms with Crippen LogP contribution in [-0.2, 0) is 0 Å². The van der Waals surface area contributed by atoms with Gasteiger partial charge in [0.15, 0.2) is 0 Å². The number of para-hydroxylation sites is 2. The van der Waals surface area contributed by atoms with E-state index in [1.807, 2.05) is 0 Å². The maximum absolute atomic E-state index is 3.53. The number of hydrogen-bond acceptors (Lipinski definition) is 0. The van der Waals surface area contributed by atoms with Crippen molar-refractivity contribution in [3.63, 3.8) is 0 Å². The van der Waals surface area contributed by atoms with E-state index in [4.69, 9.17) is 0 Å². The molecule has 30 heavy (non-hydrogen) atoms. The summed E-state index contributed by atoms with van der Waals surface area (Å²) in [5.41, 5.74) is 10.6. The minimum atomic E-state index is 0.938. The molecule has 0 aliphatic carbocycles. The molecule has 2 heteroatoms. The van der Waals surface area contributed by atoms with Crippen LogP contribution in [0.2, 0.25) is 0 Å². The number of H-pyrrole nitrogens is 1. The molecule has 0 radical (unpaired) electrons. The minimum absolute atomic E-state index is 0.938. The van der Waals surface area contributed by atoms with Crippen LogP contribution in [0.15, 0.2) is 84.9 Å². The molecule has 0 unspecified atom stereocenters. The highest BCUT2D eigenvalue weighted by molar-refractivity contribution is 6.08. The van der Waals surface area contributed by atoms with Crippen LogP contribution < -0.4 is 4.48 Å². The summed E-state index contributed by atoms with van der Waals surface area (Å²) >= 11 is 0. The van der Waals surface area contributed by atoms with Gasteiger partial charge in [-0.2, -0.15) is 0 Å². The van der Waals surface area contributed by atoms with E-state index in [2.05, 4.69) is 104 Å². The first-order valence-corrected chi connectivity index (χ1v) is 10.9. The molecule has 1 N–H and O–H groups in total. The van der Waals surface area contributed by atoms with Crippen LogP contribution in [0.25, 0.3) is 44.1 Å². The van der Waals surface area contributed by atoms with Crippen molar-refractivity contribution >= 4 is 33.2 Å². The molecule has 1 aliphatic rings. The maximum atomic E-state index is 3.53. The fourth-order valence-electron chi connectivity index (χ4n) is 5.44. The predicted octanol–water partition coefficient (Wildman–Crippen LogP) is 7.65. The second kappa shape index (κ2) is 6.32. The summed E-state index contributed by atoms with van der Waals surface area (Å²) in [7, 11) is 0. The molecule has 0 bridgehead atoms. The second-order valence-electron chi connectivity index (χ2n) is 8.28. The summed E-state index contributed by atoms with van der Waals surface area (Å²) in [5, 5.41) is 2.57. The van der Waals surface area contributed by atoms with Crippen LogP contribution in [0.1, 0.15) is 13.8 Å². The van der Waals surface area contributed by atoms with Gasteiger partial charge in [-0.25, -0.2) is 0 Å². The number of nitrogens with one attached hydrogen (secondary N) is 1. The molecule has 1 aliphatic heterocycles. The molecule has 0 fully saturated rings. The van der Waals surface area contributed by atoms with Gasteiger partial charge >= 0.3 is 0 Å². The molecule has 0 atom stereocenters. The Morgan fingerprint density at radius 3 is 2.13 bits per heavy atom. The molecule has 1 aromatic heterocycles. The Kier molecular flexibility index (Phi) is 3.68. The van der Waals surface area contributed by atoms with E-state index in [0.29, 0.717) is 0 Å². The number of rotatable bonds is 3. The van der Waals surface area contributed by atoms with Gasteiger partial charge in [0.2, 0.25) is 0 Å². The van der Waals surface area contributed by atoms with E-state index in [1.165, 1.54) is 55.4 Å². The Morgan fingerprint density at radius 1 is 0.600 bits per heavy atom. The summed E-state index contributed by atoms with van der Waals surface area (Å²) in [6.45, 7) is 6.74. The first kappa shape index (κ1) is 17.5. The highest BCUT2D eigenvalue weighted by Crippen LogP contribution is 2.53. The van der Waals surface area contributed by atoms with Crippen molar-refractivity contribution in [3.8, 4) is 22.3 Å². The van der Waals surface area contributed by atoms with E-state index < -0.39 is 0 Å². The summed E-state index contributed by atoms with van der Waals surface area (Å²) in [4.78, 5) is 3.53. The van der Waals surface area contributed by atoms with Gasteiger partial charge in [0.05, 0.1) is 13.1 Å². The Balaban J connectivity index is 1.56. The van der Waals surface area contributed by atoms with Gasteiger partial charge in [-0.05, 0) is 61.4 Å². The zero-order valence-electron chi connectivity index (χ0n) is 17.4. The standard InChI is InChI=1S/C28H25N2/c1-3-30(4-2)27-12-8-6-10-22(27)24-18-20(14-16-28(24)30)19-13-15-26-23(17-19)21-9-5-7-11-25(21)29-26/h5-18,29H,3-4H2,1-2H3/q+1. The quantitative estimate of drug-likeness (QED) is 0.305. The van der Waals surface area contributed by atoms with E-state index in [9.17, 15) is 0 Å². The summed E-state index contributed by atoms with van der Waals surface area (Å²) in [6.07, 6.45) is 0. The van der Waals surface area contributed by atoms with Crippen molar-refractivity contribution in [2.75, 3.05) is 13.1 Å². The molecule has 5 aromatic rings. The van der Waals surface area contributed by atoms with Crippen LogP contribution >= 0.6 is 0 Å². The third-order valence-corrected chi connectivity index (χ3v) is 7.03. The number of fused-ring (bicyclic) bond motifs is 6. The molecule has 2 nitrogen and oxygen atoms in total. The number of aromatic nitrogens is 1. The van der Waals surface area contributed by atoms with Gasteiger partial charge in [-0.15, -0.1) is 0 Å². The monoisotopic (exact) mass is 389 g/mol. The molecule has 6 rings (SSSR count). The smallest absolute Gasteiger partial charge is 0.146 e. The SMILES string of the molecule is CC[N+]1(CC)c2ccccc2-c2cc(-c3ccc4[nH]c5ccccc5c4c3)ccc21. The summed E-state index contributed by atoms with van der Waals surface area (Å²) < 4.78 is 0.938. The Bertz CT molecular complexity index is 1420. The van der Waals surface area contributed by atoms with E-state index in [1.54, 1.807) is 0 Å². The van der Waals surface area contributed by atoms with Gasteiger partial charge in [0, 0.05) is 45.1 Å². The van der Waals surface area contributed by atoms with Gasteiger partial charge in [-0.3, -0.25) is 4.48 Å². The average molecular weight is 390 g/mol. The lowest BCUT2D eigenvalue weighted by Crippen LogP contribution is -2.42. The highest BCUT2D eigenvalue weighted by atomic mass is 15.4. The fraction of sp³-hybridized carbons (Fsp3) is 0.143. The molecule has 0 amide bonds. The third-order valence-electron chi connectivity index (χ3n) is 7.03. The van der Waals surface area contributed by atoms with E-state index in [0.717, 1.165) is 17.6 Å². The zero-order chi connectivity index (χ0) is 20.3. The van der Waals surface area contributed by atoms with Gasteiger partial charge in [0.1, 0.15) is 11.4 Å². The van der Waals surface area contributed by atoms with Crippen LogP contribution in [0.5, 0.6) is 0 Å². The van der Waals surface area contributed by atoms with Gasteiger partial charge in [0.25, 0.3) is 0 Å². The van der Waals surface area contributed by atoms with E-state index in [-0.39, 0.29) is 0 Å². The topological polar surface area (TPSA) is 15.8 Å². The normalized spacial score (nSPS) is 14.2. The predicted molar refractivity (Wildman–Crippen MR) is 129 cm³/mol. The molecule has 2 heterocycles. The van der Waals surface area contributed by atoms with Crippen LogP contribution in [0, 0.1) is 0 Å². The number of benzene rings is 4. The lowest BCUT2D eigenvalue weighted by molar-refractivity contribution is 0.430. The number of aromatic amines is 1. The van der Waals surface area contributed by atoms with Crippen LogP contribution in [0.3, 0.4) is 0 Å². The van der Waals surface area contributed by atoms with Crippen molar-refractivity contribution in [2.24, 2.45) is 0 Å². The Hall–Kier alpha value is -3.36. The van der Waals surface area contributed by atoms with Crippen LogP contribution in [0.4, 0.5) is 11.4 Å². The summed E-state index contributed by atoms with van der Waals surface area (Å²) in [6, 6.07) is 31.3. The zero-order valence-corrected chi connectivity index (χ0v) is 17.4. The van der Waals surface area contributed by atoms with Crippen molar-refractivity contribution in [3.05, 3.63) is 84.9 Å². The highest BCUT2D eigenvalue weighted by Gasteiger charge is 2.41. The van der Waals surface area contributed by atoms with Gasteiger partial charge in [-0.1, -0.05) is 36.4 Å². The largest absolute Gasteiger partial charge is 0.355 e. The molecular weight excluding hydrogens is 364 g/mol. The minimum Gasteiger partial charge on any atom is -0.355 e. The first-order valence-electron chi connectivity index (χ1n) is 10.9. The van der Waals surface area contributed by atoms with Crippen molar-refractivity contribution in [1.82, 2.24) is 9.47 Å². The molecule has 4 aromatic carbocycles. The third kappa shape index (κ3) is 2.23. The number of quaternary nitrogens is 1. The molecule has 146 valence electrons. The second-order valence-corrected chi connectivity index (χ2v) is 8.28. The number of nitrogens with zero attached hydrogens (tertiary/aromatic N) is 1. The van der Waals surface area contributed by atoms with Gasteiger partial charge < -0.3 is 4.98 Å². The summed E-state index contributed by atoms with van der Waals surface area (Å²) in [5.74, 6) is 0.